The highest BCUT2D eigenvalue weighted by atomic mass is 16.5. The molecule has 0 aromatic heterocycles. The second-order valence-corrected chi connectivity index (χ2v) is 51.5. The first-order valence-electron chi connectivity index (χ1n) is 55.3. The summed E-state index contributed by atoms with van der Waals surface area (Å²) in [7, 11) is 13.6. The van der Waals surface area contributed by atoms with Crippen molar-refractivity contribution in [2.45, 2.75) is 295 Å². The van der Waals surface area contributed by atoms with E-state index in [1.807, 2.05) is 60.7 Å². The molecule has 24 aliphatic rings. The molecule has 0 radical (unpaired) electrons. The molecular formula is C123H154N6O19+6. The fourth-order valence-corrected chi connectivity index (χ4v) is 39.0. The van der Waals surface area contributed by atoms with E-state index >= 15 is 0 Å². The number of nitrogens with zero attached hydrogens (tertiary/aromatic N) is 6. The summed E-state index contributed by atoms with van der Waals surface area (Å²) in [5.41, 5.74) is 9.33. The molecule has 6 aromatic rings. The van der Waals surface area contributed by atoms with Crippen LogP contribution in [0.15, 0.2) is 173 Å². The Labute approximate surface area is 869 Å². The number of quaternary nitrogens is 6. The number of carbonyl (C=O) groups excluding carboxylic acids is 2. The number of rotatable bonds is 12. The number of likely N-dealkylation sites (tertiary alicyclic amines) is 6. The predicted molar refractivity (Wildman–Crippen MR) is 560 cm³/mol. The van der Waals surface area contributed by atoms with E-state index < -0.39 is 62.4 Å². The van der Waals surface area contributed by atoms with Crippen LogP contribution in [-0.2, 0) is 80.6 Å². The van der Waals surface area contributed by atoms with Gasteiger partial charge >= 0.3 is 0 Å². The van der Waals surface area contributed by atoms with Gasteiger partial charge in [-0.25, -0.2) is 0 Å². The van der Waals surface area contributed by atoms with Gasteiger partial charge < -0.3 is 111 Å². The molecule has 12 bridgehead atoms. The number of hydrogen-bond donors (Lipinski definition) is 11. The van der Waals surface area contributed by atoms with Gasteiger partial charge in [0.05, 0.1) is 172 Å². The highest BCUT2D eigenvalue weighted by molar-refractivity contribution is 5.91. The van der Waals surface area contributed by atoms with E-state index in [4.69, 9.17) is 28.4 Å². The minimum atomic E-state index is -0.992. The molecule has 6 saturated heterocycles. The van der Waals surface area contributed by atoms with Crippen molar-refractivity contribution < 1.29 is 121 Å². The third kappa shape index (κ3) is 12.1. The summed E-state index contributed by atoms with van der Waals surface area (Å²) in [6, 6.07) is 23.3. The minimum Gasteiger partial charge on any atom is -0.508 e. The maximum atomic E-state index is 12.7. The predicted octanol–water partition coefficient (Wildman–Crippen LogP) is 13.3. The normalized spacial score (nSPS) is 43.8. The van der Waals surface area contributed by atoms with Gasteiger partial charge in [0, 0.05) is 152 Å². The van der Waals surface area contributed by atoms with Gasteiger partial charge in [0.1, 0.15) is 105 Å². The van der Waals surface area contributed by atoms with E-state index in [9.17, 15) is 65.8 Å². The van der Waals surface area contributed by atoms with Gasteiger partial charge in [-0.3, -0.25) is 9.59 Å². The molecule has 12 fully saturated rings. The lowest BCUT2D eigenvalue weighted by Crippen LogP contribution is -2.80. The summed E-state index contributed by atoms with van der Waals surface area (Å²) in [4.78, 5) is 25.4. The first kappa shape index (κ1) is 98.5. The van der Waals surface area contributed by atoms with Gasteiger partial charge in [0.2, 0.25) is 0 Å². The first-order valence-corrected chi connectivity index (χ1v) is 55.3. The lowest BCUT2D eigenvalue weighted by molar-refractivity contribution is -0.944. The number of likely N-dealkylation sites (N-methyl/N-ethyl adjacent to an activating group) is 6. The summed E-state index contributed by atoms with van der Waals surface area (Å²) in [5.74, 6) is 7.63. The largest absolute Gasteiger partial charge is 0.508 e. The van der Waals surface area contributed by atoms with Crippen molar-refractivity contribution in [3.8, 4) is 69.0 Å². The Kier molecular flexibility index (Phi) is 21.7. The SMILES string of the molecule is C=CC[N@+]1(C)CC[C@@]23c4c5ccc(O)c4CC1C2(O)CCC(=C)C3O5.C=CC[N@+]1(C)CC[C@@]23c4c5ccc(O)c4OC2C(=O)CCC3(O)C1C5.C=CC[N@@+]1(C)CC[C@@]23c4c5ccc(O)c4CC1C2(O)CCC(=C)C3O5.C=CC[N@@+]1(C)CC[C@@]23c4c5ccc(O)c4CC1C2CC[C@H](C)C3O5.C=CC[N@@+]1(C)CC[C@@]23c4c5ccc(O)c4OC2C(=O)CCC3(O)C1C5.C=CC[N@@+]1(C)CC[C@@]23c4c5ccc(O)c4OC2[C@H](O)CCC3C1C5. The first-order chi connectivity index (χ1) is 70.5. The number of phenols is 6. The number of piperidine rings is 6. The summed E-state index contributed by atoms with van der Waals surface area (Å²) >= 11 is 0. The second kappa shape index (κ2) is 32.7. The Morgan fingerprint density at radius 3 is 1.06 bits per heavy atom. The number of hydrogen-bond acceptors (Lipinski definition) is 19. The van der Waals surface area contributed by atoms with Crippen molar-refractivity contribution in [2.75, 3.05) is 121 Å². The van der Waals surface area contributed by atoms with Crippen LogP contribution < -0.4 is 28.4 Å². The van der Waals surface area contributed by atoms with Crippen LogP contribution in [-0.4, -0.2) is 317 Å². The van der Waals surface area contributed by atoms with Crippen molar-refractivity contribution >= 4 is 11.6 Å². The molecule has 6 spiro atoms. The Balaban J connectivity index is 0.0000000923. The van der Waals surface area contributed by atoms with Crippen LogP contribution in [0.3, 0.4) is 0 Å². The van der Waals surface area contributed by atoms with Crippen molar-refractivity contribution in [1.82, 2.24) is 0 Å². The molecule has 148 heavy (non-hydrogen) atoms. The molecule has 32 atom stereocenters. The Hall–Kier alpha value is -10.3. The average Bonchev–Trinajstić information content (AvgIpc) is 1.44. The van der Waals surface area contributed by atoms with E-state index in [-0.39, 0.29) is 82.1 Å². The number of benzene rings is 6. The van der Waals surface area contributed by atoms with E-state index in [2.05, 4.69) is 120 Å². The monoisotopic (exact) mass is 2020 g/mol. The van der Waals surface area contributed by atoms with Crippen LogP contribution in [0.1, 0.15) is 189 Å². The zero-order valence-corrected chi connectivity index (χ0v) is 87.6. The maximum absolute atomic E-state index is 12.7. The van der Waals surface area contributed by atoms with Crippen LogP contribution >= 0.6 is 0 Å². The standard InChI is InChI=1S/2C21H25NO3.C21H27NO2.2C20H23NO4.C20H25NO3/c2*1-4-10-22(3)11-9-20-18-14-12-17(22)21(20,24)8-7-13(2)19(20)25-16(18)6-5-15(14)23;1-4-10-22(3)11-9-21-15-6-5-13(2)20(21)24-18-8-7-17(23)14(19(18)21)12-16(15)22;2*1-3-9-21(2)10-8-19-16-12-4-5-13(22)17(16)25-18(19)14(23)6-7-20(19,24)15(21)11-12;1-3-9-21(2)10-8-20-13-5-7-16(23)19(20)24-18-15(22)6-4-12(17(18)20)11-14(13)21/h2*4-6,17,19,24H,1-2,7-12H2,3H3;4,7-8,13,15-16,20H,1,5-6,9-12H2,2-3H3;2*3-5,15,18,24H,1,6-11H2,2H3;3-4,6,13-14,16,19,23H,1,5,7-11H2,2H3/p+6/t17?,19?,20-,21?,22+;17?,19?,20-,21?,22-;13-,15?,16?,20?,21-,22-;15?,18?,19-,20?,21+;15?,18?,19-,20?,21-;13?,14?,16-,19?,20-,21+/m000111/s1. The van der Waals surface area contributed by atoms with Crippen LogP contribution in [0.2, 0.25) is 0 Å². The van der Waals surface area contributed by atoms with Crippen LogP contribution in [0.25, 0.3) is 0 Å². The number of aliphatic hydroxyl groups is 5. The molecule has 0 amide bonds. The Bertz CT molecular complexity index is 6470. The van der Waals surface area contributed by atoms with Gasteiger partial charge in [-0.1, -0.05) is 77.8 Å². The summed E-state index contributed by atoms with van der Waals surface area (Å²) in [6.07, 6.45) is 29.0. The average molecular weight is 2020 g/mol. The van der Waals surface area contributed by atoms with Gasteiger partial charge in [0.25, 0.3) is 0 Å². The molecule has 6 saturated carbocycles. The summed E-state index contributed by atoms with van der Waals surface area (Å²) < 4.78 is 42.6. The van der Waals surface area contributed by atoms with Crippen molar-refractivity contribution in [1.29, 1.82) is 0 Å². The second-order valence-electron chi connectivity index (χ2n) is 51.5. The highest BCUT2D eigenvalue weighted by Gasteiger charge is 2.82. The molecular weight excluding hydrogens is 1870 g/mol. The molecule has 6 aromatic carbocycles. The number of ketones is 2. The van der Waals surface area contributed by atoms with E-state index in [0.717, 1.165) is 255 Å². The highest BCUT2D eigenvalue weighted by Crippen LogP contribution is 2.75. The van der Waals surface area contributed by atoms with E-state index in [1.54, 1.807) is 30.3 Å². The number of aliphatic hydroxyl groups excluding tert-OH is 1. The third-order valence-corrected chi connectivity index (χ3v) is 45.5. The Morgan fingerprint density at radius 1 is 0.331 bits per heavy atom. The molecule has 12 aliphatic heterocycles. The summed E-state index contributed by atoms with van der Waals surface area (Å²) in [6.45, 7) is 45.8. The molecule has 18 unspecified atom stereocenters. The van der Waals surface area contributed by atoms with Crippen LogP contribution in [0.5, 0.6) is 69.0 Å². The quantitative estimate of drug-likeness (QED) is 0.0401. The number of carbonyl (C=O) groups is 2. The van der Waals surface area contributed by atoms with Gasteiger partial charge in [-0.05, 0) is 189 Å². The number of aromatic hydroxyl groups is 6. The van der Waals surface area contributed by atoms with Crippen LogP contribution in [0.4, 0.5) is 0 Å². The fourth-order valence-electron chi connectivity index (χ4n) is 39.0. The smallest absolute Gasteiger partial charge is 0.174 e. The summed E-state index contributed by atoms with van der Waals surface area (Å²) in [5, 5.41) is 122. The van der Waals surface area contributed by atoms with Gasteiger partial charge in [-0.2, -0.15) is 0 Å². The topological polar surface area (TPSA) is 312 Å². The lowest BCUT2D eigenvalue weighted by atomic mass is 9.48. The molecule has 12 aliphatic carbocycles. The Morgan fingerprint density at radius 2 is 0.655 bits per heavy atom. The van der Waals surface area contributed by atoms with Gasteiger partial charge in [-0.15, -0.1) is 0 Å². The third-order valence-electron chi connectivity index (χ3n) is 45.5. The molecule has 25 heteroatoms. The molecule has 25 nitrogen and oxygen atoms in total. The molecule has 11 N–H and O–H groups in total. The number of phenolic OH excluding ortho intramolecular Hbond substituents is 6. The minimum absolute atomic E-state index is 0.00134. The van der Waals surface area contributed by atoms with Crippen molar-refractivity contribution in [3.63, 3.8) is 0 Å². The zero-order chi connectivity index (χ0) is 104. The fraction of sp³-hybridized carbons (Fsp3) is 0.561. The number of Topliss-reactive ketones (excluding diaryl/α,β-unsaturated/α-hetero) is 2. The maximum Gasteiger partial charge on any atom is 0.174 e. The molecule has 784 valence electrons. The zero-order valence-electron chi connectivity index (χ0n) is 87.6. The van der Waals surface area contributed by atoms with E-state index in [1.165, 1.54) is 48.1 Å². The van der Waals surface area contributed by atoms with Gasteiger partial charge in [0.15, 0.2) is 58.3 Å². The lowest BCUT2D eigenvalue weighted by Gasteiger charge is -2.64. The molecule has 30 rings (SSSR count). The van der Waals surface area contributed by atoms with E-state index in [0.29, 0.717) is 122 Å². The van der Waals surface area contributed by atoms with Crippen molar-refractivity contribution in [2.24, 2.45) is 17.8 Å². The van der Waals surface area contributed by atoms with Crippen molar-refractivity contribution in [3.05, 3.63) is 240 Å². The van der Waals surface area contributed by atoms with Crippen LogP contribution in [0, 0.1) is 17.8 Å². The number of ether oxygens (including phenoxy) is 6. The molecule has 12 heterocycles.